The normalized spacial score (nSPS) is 27.3. The van der Waals surface area contributed by atoms with Gasteiger partial charge in [0.15, 0.2) is 0 Å². The number of halogens is 2. The van der Waals surface area contributed by atoms with Gasteiger partial charge in [-0.2, -0.15) is 9.97 Å². The van der Waals surface area contributed by atoms with E-state index in [4.69, 9.17) is 31.3 Å². The number of fused-ring (bicyclic) bond motifs is 5. The summed E-state index contributed by atoms with van der Waals surface area (Å²) < 4.78 is 21.0. The highest BCUT2D eigenvalue weighted by Gasteiger charge is 2.49. The fourth-order valence-electron chi connectivity index (χ4n) is 8.09. The summed E-state index contributed by atoms with van der Waals surface area (Å²) in [5, 5.41) is 7.46. The summed E-state index contributed by atoms with van der Waals surface area (Å²) in [6.07, 6.45) is 6.78. The lowest BCUT2D eigenvalue weighted by molar-refractivity contribution is 0.107. The van der Waals surface area contributed by atoms with Crippen molar-refractivity contribution >= 4 is 39.1 Å². The summed E-state index contributed by atoms with van der Waals surface area (Å²) >= 11 is 6.75. The van der Waals surface area contributed by atoms with Gasteiger partial charge in [0.2, 0.25) is 0 Å². The molecule has 4 aromatic rings. The van der Waals surface area contributed by atoms with Crippen molar-refractivity contribution in [2.24, 2.45) is 0 Å². The maximum absolute atomic E-state index is 14.5. The van der Waals surface area contributed by atoms with Gasteiger partial charge < -0.3 is 15.0 Å². The number of anilines is 1. The standard InChI is InChI=1S/C33H36ClFN6O/c1-2-24-29(25-8-3-6-20-7-4-9-27(34)28(20)25)36-15-26-30(24)38-32(39-31(26)40-17-22-10-11-23(18-40)37-22)42-19-33-12-5-13-41(33)16-21(35)14-33/h3-4,6-9,15,21-23,37H,2,5,10-14,16-19H2,1H3/t21-,22?,23?,33?/m1/s1. The van der Waals surface area contributed by atoms with Crippen LogP contribution in [0.2, 0.25) is 5.02 Å². The molecule has 7 nitrogen and oxygen atoms in total. The zero-order valence-electron chi connectivity index (χ0n) is 24.0. The first-order valence-electron chi connectivity index (χ1n) is 15.4. The Balaban J connectivity index is 1.27. The lowest BCUT2D eigenvalue weighted by Gasteiger charge is -2.34. The molecule has 3 unspecified atom stereocenters. The number of aromatic nitrogens is 3. The summed E-state index contributed by atoms with van der Waals surface area (Å²) in [5.41, 5.74) is 3.55. The number of pyridine rings is 1. The van der Waals surface area contributed by atoms with Gasteiger partial charge >= 0.3 is 6.01 Å². The zero-order valence-corrected chi connectivity index (χ0v) is 24.7. The second-order valence-electron chi connectivity index (χ2n) is 12.6. The Labute approximate surface area is 250 Å². The third-order valence-electron chi connectivity index (χ3n) is 10.0. The summed E-state index contributed by atoms with van der Waals surface area (Å²) in [4.78, 5) is 19.8. The highest BCUT2D eigenvalue weighted by molar-refractivity contribution is 6.36. The molecule has 4 fully saturated rings. The smallest absolute Gasteiger partial charge is 0.319 e. The molecule has 4 aliphatic rings. The Bertz CT molecular complexity index is 1670. The fraction of sp³-hybridized carbons (Fsp3) is 0.485. The lowest BCUT2D eigenvalue weighted by Crippen LogP contribution is -2.51. The summed E-state index contributed by atoms with van der Waals surface area (Å²) in [6.45, 7) is 5.77. The molecule has 2 bridgehead atoms. The monoisotopic (exact) mass is 586 g/mol. The lowest BCUT2D eigenvalue weighted by atomic mass is 9.95. The molecule has 2 aromatic carbocycles. The van der Waals surface area contributed by atoms with E-state index in [1.165, 1.54) is 12.8 Å². The zero-order chi connectivity index (χ0) is 28.4. The average Bonchev–Trinajstić information content (AvgIpc) is 3.65. The quantitative estimate of drug-likeness (QED) is 0.299. The minimum absolute atomic E-state index is 0.261. The van der Waals surface area contributed by atoms with Crippen LogP contribution in [0.25, 0.3) is 32.9 Å². The number of ether oxygens (including phenoxy) is 1. The van der Waals surface area contributed by atoms with Crippen LogP contribution in [-0.2, 0) is 6.42 Å². The minimum atomic E-state index is -0.800. The number of benzene rings is 2. The Morgan fingerprint density at radius 1 is 1.10 bits per heavy atom. The van der Waals surface area contributed by atoms with E-state index < -0.39 is 6.17 Å². The molecule has 0 spiro atoms. The molecule has 4 saturated heterocycles. The minimum Gasteiger partial charge on any atom is -0.461 e. The van der Waals surface area contributed by atoms with Gasteiger partial charge in [-0.1, -0.05) is 48.9 Å². The molecular formula is C33H36ClFN6O. The number of piperazine rings is 1. The molecule has 9 heteroatoms. The molecule has 0 amide bonds. The van der Waals surface area contributed by atoms with Crippen molar-refractivity contribution in [3.05, 3.63) is 53.2 Å². The van der Waals surface area contributed by atoms with Crippen LogP contribution >= 0.6 is 11.6 Å². The van der Waals surface area contributed by atoms with Gasteiger partial charge in [-0.15, -0.1) is 0 Å². The van der Waals surface area contributed by atoms with E-state index in [-0.39, 0.29) is 5.54 Å². The van der Waals surface area contributed by atoms with E-state index in [0.29, 0.717) is 42.7 Å². The molecule has 0 saturated carbocycles. The van der Waals surface area contributed by atoms with E-state index in [1.54, 1.807) is 0 Å². The SMILES string of the molecule is CCc1c(-c2cccc3cccc(Cl)c23)ncc2c(N3CC4CCC(C3)N4)nc(OCC34CCCN3C[C@H](F)C4)nc12. The molecule has 1 N–H and O–H groups in total. The maximum atomic E-state index is 14.5. The number of hydrogen-bond acceptors (Lipinski definition) is 7. The van der Waals surface area contributed by atoms with Gasteiger partial charge in [0.05, 0.1) is 22.1 Å². The van der Waals surface area contributed by atoms with Crippen LogP contribution in [0.1, 0.15) is 44.6 Å². The average molecular weight is 587 g/mol. The van der Waals surface area contributed by atoms with Gasteiger partial charge in [0.25, 0.3) is 0 Å². The predicted octanol–water partition coefficient (Wildman–Crippen LogP) is 5.96. The van der Waals surface area contributed by atoms with Crippen molar-refractivity contribution in [2.45, 2.75) is 69.2 Å². The van der Waals surface area contributed by atoms with Crippen LogP contribution in [-0.4, -0.2) is 76.4 Å². The van der Waals surface area contributed by atoms with Crippen LogP contribution in [0.5, 0.6) is 6.01 Å². The van der Waals surface area contributed by atoms with Gasteiger partial charge in [-0.05, 0) is 50.1 Å². The maximum Gasteiger partial charge on any atom is 0.319 e. The van der Waals surface area contributed by atoms with Crippen LogP contribution in [0, 0.1) is 0 Å². The van der Waals surface area contributed by atoms with Crippen LogP contribution in [0.15, 0.2) is 42.6 Å². The predicted molar refractivity (Wildman–Crippen MR) is 165 cm³/mol. The van der Waals surface area contributed by atoms with Crippen molar-refractivity contribution in [1.82, 2.24) is 25.2 Å². The Hall–Kier alpha value is -3.07. The number of hydrogen-bond donors (Lipinski definition) is 1. The Morgan fingerprint density at radius 3 is 2.71 bits per heavy atom. The molecule has 4 atom stereocenters. The number of alkyl halides is 1. The molecule has 8 rings (SSSR count). The van der Waals surface area contributed by atoms with E-state index in [0.717, 1.165) is 83.2 Å². The topological polar surface area (TPSA) is 66.4 Å². The van der Waals surface area contributed by atoms with Crippen molar-refractivity contribution in [3.63, 3.8) is 0 Å². The first-order chi connectivity index (χ1) is 20.5. The fourth-order valence-corrected chi connectivity index (χ4v) is 8.37. The second kappa shape index (κ2) is 10.3. The Morgan fingerprint density at radius 2 is 1.90 bits per heavy atom. The summed E-state index contributed by atoms with van der Waals surface area (Å²) in [5.74, 6) is 0.883. The molecule has 0 aliphatic carbocycles. The number of nitrogens with zero attached hydrogens (tertiary/aromatic N) is 5. The van der Waals surface area contributed by atoms with Crippen LogP contribution < -0.4 is 15.0 Å². The molecule has 2 aromatic heterocycles. The van der Waals surface area contributed by atoms with Crippen molar-refractivity contribution in [3.8, 4) is 17.3 Å². The van der Waals surface area contributed by atoms with E-state index in [1.807, 2.05) is 18.3 Å². The molecule has 4 aliphatic heterocycles. The molecule has 6 heterocycles. The molecule has 42 heavy (non-hydrogen) atoms. The van der Waals surface area contributed by atoms with Crippen molar-refractivity contribution in [1.29, 1.82) is 0 Å². The van der Waals surface area contributed by atoms with E-state index in [9.17, 15) is 4.39 Å². The first-order valence-corrected chi connectivity index (χ1v) is 15.8. The number of rotatable bonds is 6. The third kappa shape index (κ3) is 4.33. The number of aryl methyl sites for hydroxylation is 1. The largest absolute Gasteiger partial charge is 0.461 e. The Kier molecular flexibility index (Phi) is 6.50. The highest BCUT2D eigenvalue weighted by atomic mass is 35.5. The second-order valence-corrected chi connectivity index (χ2v) is 13.0. The van der Waals surface area contributed by atoms with Gasteiger partial charge in [-0.25, -0.2) is 4.39 Å². The molecular weight excluding hydrogens is 551 g/mol. The van der Waals surface area contributed by atoms with E-state index in [2.05, 4.69) is 46.3 Å². The number of nitrogens with one attached hydrogen (secondary N) is 1. The van der Waals surface area contributed by atoms with Crippen molar-refractivity contribution < 1.29 is 9.13 Å². The van der Waals surface area contributed by atoms with Gasteiger partial charge in [0.1, 0.15) is 18.6 Å². The summed E-state index contributed by atoms with van der Waals surface area (Å²) in [6, 6.07) is 13.5. The highest BCUT2D eigenvalue weighted by Crippen LogP contribution is 2.42. The van der Waals surface area contributed by atoms with Crippen LogP contribution in [0.3, 0.4) is 0 Å². The van der Waals surface area contributed by atoms with E-state index >= 15 is 0 Å². The first kappa shape index (κ1) is 26.5. The van der Waals surface area contributed by atoms with Crippen molar-refractivity contribution in [2.75, 3.05) is 37.7 Å². The third-order valence-corrected chi connectivity index (χ3v) is 10.3. The molecule has 218 valence electrons. The summed E-state index contributed by atoms with van der Waals surface area (Å²) in [7, 11) is 0. The molecule has 0 radical (unpaired) electrons. The van der Waals surface area contributed by atoms with Crippen LogP contribution in [0.4, 0.5) is 10.2 Å². The van der Waals surface area contributed by atoms with Gasteiger partial charge in [-0.3, -0.25) is 9.88 Å². The van der Waals surface area contributed by atoms with Gasteiger partial charge in [0, 0.05) is 65.9 Å².